The Bertz CT molecular complexity index is 404. The van der Waals surface area contributed by atoms with Crippen LogP contribution in [0, 0.1) is 5.41 Å². The summed E-state index contributed by atoms with van der Waals surface area (Å²) in [5.74, 6) is 0.838. The van der Waals surface area contributed by atoms with E-state index in [0.29, 0.717) is 10.7 Å². The summed E-state index contributed by atoms with van der Waals surface area (Å²) in [4.78, 5) is 1.01. The van der Waals surface area contributed by atoms with Gasteiger partial charge in [-0.3, -0.25) is 0 Å². The maximum absolute atomic E-state index is 7.09. The first-order chi connectivity index (χ1) is 7.67. The molecule has 86 valence electrons. The highest BCUT2D eigenvalue weighted by Gasteiger charge is 2.01. The highest BCUT2D eigenvalue weighted by atomic mass is 35.5. The Morgan fingerprint density at radius 2 is 2.25 bits per heavy atom. The van der Waals surface area contributed by atoms with Crippen LogP contribution in [-0.2, 0) is 0 Å². The van der Waals surface area contributed by atoms with Gasteiger partial charge in [-0.1, -0.05) is 11.6 Å². The van der Waals surface area contributed by atoms with Crippen LogP contribution in [0.1, 0.15) is 6.42 Å². The minimum Gasteiger partial charge on any atom is -0.404 e. The van der Waals surface area contributed by atoms with Gasteiger partial charge in [0.25, 0.3) is 0 Å². The molecule has 0 bridgehead atoms. The first-order valence-corrected chi connectivity index (χ1v) is 6.12. The fourth-order valence-electron chi connectivity index (χ4n) is 1.13. The van der Waals surface area contributed by atoms with Crippen LogP contribution in [0.4, 0.5) is 5.69 Å². The zero-order chi connectivity index (χ0) is 12.0. The predicted octanol–water partition coefficient (Wildman–Crippen LogP) is 2.90. The number of anilines is 1. The van der Waals surface area contributed by atoms with Crippen molar-refractivity contribution in [2.45, 2.75) is 11.3 Å². The van der Waals surface area contributed by atoms with E-state index in [9.17, 15) is 0 Å². The molecular formula is C11H14ClN3S. The van der Waals surface area contributed by atoms with Crippen LogP contribution < -0.4 is 11.5 Å². The molecule has 1 rings (SSSR count). The van der Waals surface area contributed by atoms with Crippen molar-refractivity contribution in [3.05, 3.63) is 35.0 Å². The van der Waals surface area contributed by atoms with E-state index in [0.717, 1.165) is 22.6 Å². The molecule has 0 saturated heterocycles. The third-order valence-corrected chi connectivity index (χ3v) is 3.35. The molecule has 5 heteroatoms. The van der Waals surface area contributed by atoms with Crippen molar-refractivity contribution in [1.82, 2.24) is 0 Å². The number of rotatable bonds is 5. The van der Waals surface area contributed by atoms with E-state index >= 15 is 0 Å². The molecule has 5 N–H and O–H groups in total. The Hall–Kier alpha value is -1.13. The molecular weight excluding hydrogens is 242 g/mol. The largest absolute Gasteiger partial charge is 0.404 e. The zero-order valence-electron chi connectivity index (χ0n) is 8.74. The number of nitrogens with one attached hydrogen (secondary N) is 1. The van der Waals surface area contributed by atoms with Gasteiger partial charge in [0.15, 0.2) is 0 Å². The Balaban J connectivity index is 2.52. The van der Waals surface area contributed by atoms with E-state index in [1.165, 1.54) is 12.4 Å². The molecule has 0 aliphatic heterocycles. The Morgan fingerprint density at radius 1 is 1.50 bits per heavy atom. The summed E-state index contributed by atoms with van der Waals surface area (Å²) < 4.78 is 0. The van der Waals surface area contributed by atoms with E-state index in [1.54, 1.807) is 17.8 Å². The topological polar surface area (TPSA) is 75.9 Å². The third-order valence-electron chi connectivity index (χ3n) is 2.02. The third kappa shape index (κ3) is 3.79. The van der Waals surface area contributed by atoms with Crippen LogP contribution in [0.15, 0.2) is 34.9 Å². The molecule has 0 aliphatic rings. The number of halogens is 1. The Morgan fingerprint density at radius 3 is 2.81 bits per heavy atom. The molecule has 0 radical (unpaired) electrons. The van der Waals surface area contributed by atoms with Gasteiger partial charge in [-0.15, -0.1) is 11.8 Å². The normalized spacial score (nSPS) is 11.4. The summed E-state index contributed by atoms with van der Waals surface area (Å²) in [7, 11) is 0. The lowest BCUT2D eigenvalue weighted by Crippen LogP contribution is -1.94. The van der Waals surface area contributed by atoms with E-state index < -0.39 is 0 Å². The summed E-state index contributed by atoms with van der Waals surface area (Å²) >= 11 is 7.43. The number of nitrogens with two attached hydrogens (primary N) is 2. The lowest BCUT2D eigenvalue weighted by Gasteiger charge is -2.05. The molecule has 0 amide bonds. The van der Waals surface area contributed by atoms with Crippen molar-refractivity contribution < 1.29 is 0 Å². The van der Waals surface area contributed by atoms with Crippen molar-refractivity contribution in [1.29, 1.82) is 5.41 Å². The maximum atomic E-state index is 7.09. The summed E-state index contributed by atoms with van der Waals surface area (Å²) in [6, 6.07) is 5.45. The molecule has 3 nitrogen and oxygen atoms in total. The molecule has 1 aromatic rings. The monoisotopic (exact) mass is 255 g/mol. The molecule has 0 unspecified atom stereocenters. The molecule has 0 atom stereocenters. The number of thioether (sulfide) groups is 1. The predicted molar refractivity (Wildman–Crippen MR) is 72.3 cm³/mol. The second-order valence-corrected chi connectivity index (χ2v) is 4.74. The first-order valence-electron chi connectivity index (χ1n) is 4.76. The lowest BCUT2D eigenvalue weighted by atomic mass is 10.2. The van der Waals surface area contributed by atoms with Crippen LogP contribution in [0.3, 0.4) is 0 Å². The van der Waals surface area contributed by atoms with Crippen molar-refractivity contribution in [2.75, 3.05) is 11.5 Å². The van der Waals surface area contributed by atoms with Gasteiger partial charge in [-0.25, -0.2) is 0 Å². The lowest BCUT2D eigenvalue weighted by molar-refractivity contribution is 1.17. The Kier molecular flexibility index (Phi) is 5.22. The van der Waals surface area contributed by atoms with Crippen LogP contribution in [0.25, 0.3) is 0 Å². The fourth-order valence-corrected chi connectivity index (χ4v) is 2.26. The van der Waals surface area contributed by atoms with Crippen molar-refractivity contribution >= 4 is 35.3 Å². The smallest absolute Gasteiger partial charge is 0.0467 e. The number of nitrogen functional groups attached to an aromatic ring is 1. The first kappa shape index (κ1) is 12.9. The van der Waals surface area contributed by atoms with Gasteiger partial charge in [0.2, 0.25) is 0 Å². The van der Waals surface area contributed by atoms with E-state index in [1.807, 2.05) is 12.1 Å². The van der Waals surface area contributed by atoms with Gasteiger partial charge in [0, 0.05) is 27.6 Å². The SMILES string of the molecule is N=C/C(=C\N)CCSc1ccc(Cl)cc1N. The average molecular weight is 256 g/mol. The molecule has 0 spiro atoms. The maximum Gasteiger partial charge on any atom is 0.0467 e. The number of hydrogen-bond donors (Lipinski definition) is 3. The van der Waals surface area contributed by atoms with Crippen LogP contribution in [0.5, 0.6) is 0 Å². The standard InChI is InChI=1S/C11H14ClN3S/c12-9-1-2-11(10(15)5-9)16-4-3-8(6-13)7-14/h1-2,5-7,13H,3-4,14-15H2/b8-7-,13-6?. The van der Waals surface area contributed by atoms with Gasteiger partial charge in [-0.2, -0.15) is 0 Å². The highest BCUT2D eigenvalue weighted by Crippen LogP contribution is 2.28. The minimum atomic E-state index is 0.642. The molecule has 1 aromatic carbocycles. The van der Waals surface area contributed by atoms with Gasteiger partial charge in [0.1, 0.15) is 0 Å². The van der Waals surface area contributed by atoms with Crippen LogP contribution in [0.2, 0.25) is 5.02 Å². The van der Waals surface area contributed by atoms with Gasteiger partial charge >= 0.3 is 0 Å². The molecule has 0 aliphatic carbocycles. The van der Waals surface area contributed by atoms with Gasteiger partial charge < -0.3 is 16.9 Å². The van der Waals surface area contributed by atoms with Crippen molar-refractivity contribution in [3.8, 4) is 0 Å². The van der Waals surface area contributed by atoms with E-state index in [-0.39, 0.29) is 0 Å². The molecule has 16 heavy (non-hydrogen) atoms. The van der Waals surface area contributed by atoms with E-state index in [2.05, 4.69) is 0 Å². The molecule has 0 heterocycles. The Labute approximate surface area is 104 Å². The number of allylic oxidation sites excluding steroid dienone is 1. The summed E-state index contributed by atoms with van der Waals surface area (Å²) in [6.07, 6.45) is 3.48. The van der Waals surface area contributed by atoms with Crippen molar-refractivity contribution in [2.24, 2.45) is 5.73 Å². The molecule has 0 saturated carbocycles. The fraction of sp³-hybridized carbons (Fsp3) is 0.182. The summed E-state index contributed by atoms with van der Waals surface area (Å²) in [6.45, 7) is 0. The van der Waals surface area contributed by atoms with Crippen molar-refractivity contribution in [3.63, 3.8) is 0 Å². The second kappa shape index (κ2) is 6.45. The number of benzene rings is 1. The summed E-state index contributed by atoms with van der Waals surface area (Å²) in [5, 5.41) is 7.73. The quantitative estimate of drug-likeness (QED) is 0.430. The minimum absolute atomic E-state index is 0.642. The van der Waals surface area contributed by atoms with Crippen LogP contribution in [-0.4, -0.2) is 12.0 Å². The highest BCUT2D eigenvalue weighted by molar-refractivity contribution is 7.99. The zero-order valence-corrected chi connectivity index (χ0v) is 10.3. The summed E-state index contributed by atoms with van der Waals surface area (Å²) in [5.41, 5.74) is 12.7. The number of hydrogen-bond acceptors (Lipinski definition) is 4. The average Bonchev–Trinajstić information content (AvgIpc) is 2.27. The van der Waals surface area contributed by atoms with Gasteiger partial charge in [0.05, 0.1) is 0 Å². The molecule has 0 fully saturated rings. The second-order valence-electron chi connectivity index (χ2n) is 3.17. The van der Waals surface area contributed by atoms with Crippen LogP contribution >= 0.6 is 23.4 Å². The molecule has 0 aromatic heterocycles. The van der Waals surface area contributed by atoms with E-state index in [4.69, 9.17) is 28.5 Å². The van der Waals surface area contributed by atoms with Gasteiger partial charge in [-0.05, 0) is 36.4 Å².